The molecule has 0 aromatic heterocycles. The summed E-state index contributed by atoms with van der Waals surface area (Å²) >= 11 is 0. The third-order valence-corrected chi connectivity index (χ3v) is 2.81. The molecular weight excluding hydrogens is 147 g/mol. The highest BCUT2D eigenvalue weighted by atomic mass is 19.1. The second kappa shape index (κ2) is 2.72. The molecule has 2 aliphatic rings. The van der Waals surface area contributed by atoms with E-state index in [1.165, 1.54) is 0 Å². The zero-order valence-corrected chi connectivity index (χ0v) is 6.37. The van der Waals surface area contributed by atoms with Gasteiger partial charge in [0.1, 0.15) is 6.67 Å². The molecule has 2 fully saturated rings. The van der Waals surface area contributed by atoms with Gasteiger partial charge in [-0.25, -0.2) is 4.39 Å². The lowest BCUT2D eigenvalue weighted by molar-refractivity contribution is 0.0305. The Hall–Kier alpha value is -0.150. The first-order valence-electron chi connectivity index (χ1n) is 4.20. The first kappa shape index (κ1) is 7.50. The number of aliphatic hydroxyl groups is 1. The number of fused-ring (bicyclic) bond motifs is 2. The van der Waals surface area contributed by atoms with Crippen molar-refractivity contribution in [2.24, 2.45) is 5.92 Å². The molecule has 0 saturated carbocycles. The highest BCUT2D eigenvalue weighted by molar-refractivity contribution is 4.92. The van der Waals surface area contributed by atoms with E-state index < -0.39 is 12.8 Å². The molecular formula is C8H13FO2. The molecule has 64 valence electrons. The summed E-state index contributed by atoms with van der Waals surface area (Å²) in [5.74, 6) is 0.0683. The molecule has 2 bridgehead atoms. The molecule has 2 nitrogen and oxygen atoms in total. The first-order valence-corrected chi connectivity index (χ1v) is 4.20. The summed E-state index contributed by atoms with van der Waals surface area (Å²) in [6.07, 6.45) is 2.63. The van der Waals surface area contributed by atoms with Crippen LogP contribution >= 0.6 is 0 Å². The highest BCUT2D eigenvalue weighted by Crippen LogP contribution is 2.40. The van der Waals surface area contributed by atoms with Gasteiger partial charge in [0.05, 0.1) is 18.3 Å². The Bertz CT molecular complexity index is 151. The van der Waals surface area contributed by atoms with Crippen LogP contribution in [0.3, 0.4) is 0 Å². The molecule has 0 aromatic rings. The topological polar surface area (TPSA) is 29.5 Å². The summed E-state index contributed by atoms with van der Waals surface area (Å²) in [5, 5.41) is 9.22. The van der Waals surface area contributed by atoms with Crippen molar-refractivity contribution in [1.29, 1.82) is 0 Å². The van der Waals surface area contributed by atoms with Crippen molar-refractivity contribution in [2.45, 2.75) is 37.6 Å². The Morgan fingerprint density at radius 1 is 1.55 bits per heavy atom. The largest absolute Gasteiger partial charge is 0.390 e. The SMILES string of the molecule is OC(CF)C1CC2CCC1O2. The van der Waals surface area contributed by atoms with Gasteiger partial charge in [0.2, 0.25) is 0 Å². The minimum Gasteiger partial charge on any atom is -0.390 e. The van der Waals surface area contributed by atoms with Crippen LogP contribution in [0.5, 0.6) is 0 Å². The van der Waals surface area contributed by atoms with Crippen molar-refractivity contribution in [3.8, 4) is 0 Å². The van der Waals surface area contributed by atoms with Gasteiger partial charge in [0.25, 0.3) is 0 Å². The van der Waals surface area contributed by atoms with Crippen LogP contribution < -0.4 is 0 Å². The predicted octanol–water partition coefficient (Wildman–Crippen LogP) is 0.884. The lowest BCUT2D eigenvalue weighted by Gasteiger charge is -2.21. The van der Waals surface area contributed by atoms with Crippen LogP contribution in [0.2, 0.25) is 0 Å². The summed E-state index contributed by atoms with van der Waals surface area (Å²) in [6.45, 7) is -0.628. The van der Waals surface area contributed by atoms with Crippen LogP contribution in [0.4, 0.5) is 4.39 Å². The van der Waals surface area contributed by atoms with Crippen molar-refractivity contribution in [3.63, 3.8) is 0 Å². The molecule has 1 N–H and O–H groups in total. The molecule has 0 spiro atoms. The third-order valence-electron chi connectivity index (χ3n) is 2.81. The fourth-order valence-corrected chi connectivity index (χ4v) is 2.20. The Labute approximate surface area is 65.4 Å². The van der Waals surface area contributed by atoms with E-state index in [1.54, 1.807) is 0 Å². The van der Waals surface area contributed by atoms with Gasteiger partial charge in [-0.2, -0.15) is 0 Å². The maximum absolute atomic E-state index is 12.1. The maximum atomic E-state index is 12.1. The molecule has 2 aliphatic heterocycles. The quantitative estimate of drug-likeness (QED) is 0.650. The number of rotatable bonds is 2. The zero-order chi connectivity index (χ0) is 7.84. The fourth-order valence-electron chi connectivity index (χ4n) is 2.20. The predicted molar refractivity (Wildman–Crippen MR) is 38.0 cm³/mol. The average Bonchev–Trinajstić information content (AvgIpc) is 2.62. The summed E-state index contributed by atoms with van der Waals surface area (Å²) in [6, 6.07) is 0. The van der Waals surface area contributed by atoms with Crippen LogP contribution in [-0.2, 0) is 4.74 Å². The highest BCUT2D eigenvalue weighted by Gasteiger charge is 2.43. The molecule has 11 heavy (non-hydrogen) atoms. The summed E-state index contributed by atoms with van der Waals surface area (Å²) < 4.78 is 17.5. The number of aliphatic hydroxyl groups excluding tert-OH is 1. The number of ether oxygens (including phenoxy) is 1. The molecule has 2 rings (SSSR count). The molecule has 2 heterocycles. The Morgan fingerprint density at radius 3 is 2.82 bits per heavy atom. The number of halogens is 1. The monoisotopic (exact) mass is 160 g/mol. The molecule has 0 aromatic carbocycles. The third kappa shape index (κ3) is 1.16. The van der Waals surface area contributed by atoms with E-state index in [0.29, 0.717) is 6.10 Å². The second-order valence-electron chi connectivity index (χ2n) is 3.50. The normalized spacial score (nSPS) is 44.7. The van der Waals surface area contributed by atoms with E-state index in [0.717, 1.165) is 19.3 Å². The van der Waals surface area contributed by atoms with Gasteiger partial charge in [0, 0.05) is 5.92 Å². The molecule has 0 radical (unpaired) electrons. The number of hydrogen-bond acceptors (Lipinski definition) is 2. The van der Waals surface area contributed by atoms with E-state index in [-0.39, 0.29) is 12.0 Å². The minimum absolute atomic E-state index is 0.0683. The molecule has 0 aliphatic carbocycles. The summed E-state index contributed by atoms with van der Waals surface area (Å²) in [5.41, 5.74) is 0. The van der Waals surface area contributed by atoms with E-state index >= 15 is 0 Å². The lowest BCUT2D eigenvalue weighted by Crippen LogP contribution is -2.30. The molecule has 4 unspecified atom stereocenters. The van der Waals surface area contributed by atoms with Crippen molar-refractivity contribution in [2.75, 3.05) is 6.67 Å². The van der Waals surface area contributed by atoms with Gasteiger partial charge >= 0.3 is 0 Å². The van der Waals surface area contributed by atoms with Gasteiger partial charge in [-0.1, -0.05) is 0 Å². The smallest absolute Gasteiger partial charge is 0.116 e. The average molecular weight is 160 g/mol. The number of hydrogen-bond donors (Lipinski definition) is 1. The first-order chi connectivity index (χ1) is 5.31. The molecule has 2 saturated heterocycles. The van der Waals surface area contributed by atoms with E-state index in [1.807, 2.05) is 0 Å². The standard InChI is InChI=1S/C8H13FO2/c9-4-7(10)6-3-5-1-2-8(6)11-5/h5-8,10H,1-4H2. The van der Waals surface area contributed by atoms with Crippen LogP contribution in [0, 0.1) is 5.92 Å². The van der Waals surface area contributed by atoms with Crippen molar-refractivity contribution < 1.29 is 14.2 Å². The molecule has 0 amide bonds. The molecule has 3 heteroatoms. The van der Waals surface area contributed by atoms with Crippen LogP contribution in [-0.4, -0.2) is 30.1 Å². The Morgan fingerprint density at radius 2 is 2.36 bits per heavy atom. The van der Waals surface area contributed by atoms with Crippen LogP contribution in [0.15, 0.2) is 0 Å². The van der Waals surface area contributed by atoms with Crippen molar-refractivity contribution >= 4 is 0 Å². The lowest BCUT2D eigenvalue weighted by atomic mass is 9.86. The van der Waals surface area contributed by atoms with Gasteiger partial charge in [-0.3, -0.25) is 0 Å². The summed E-state index contributed by atoms with van der Waals surface area (Å²) in [7, 11) is 0. The van der Waals surface area contributed by atoms with Crippen molar-refractivity contribution in [3.05, 3.63) is 0 Å². The summed E-state index contributed by atoms with van der Waals surface area (Å²) in [4.78, 5) is 0. The van der Waals surface area contributed by atoms with Crippen molar-refractivity contribution in [1.82, 2.24) is 0 Å². The molecule has 4 atom stereocenters. The second-order valence-corrected chi connectivity index (χ2v) is 3.50. The van der Waals surface area contributed by atoms with Gasteiger partial charge in [-0.05, 0) is 19.3 Å². The Kier molecular flexibility index (Phi) is 1.85. The minimum atomic E-state index is -0.787. The van der Waals surface area contributed by atoms with Gasteiger partial charge in [-0.15, -0.1) is 0 Å². The van der Waals surface area contributed by atoms with Gasteiger partial charge < -0.3 is 9.84 Å². The van der Waals surface area contributed by atoms with E-state index in [2.05, 4.69) is 0 Å². The maximum Gasteiger partial charge on any atom is 0.116 e. The van der Waals surface area contributed by atoms with E-state index in [9.17, 15) is 9.50 Å². The zero-order valence-electron chi connectivity index (χ0n) is 6.37. The fraction of sp³-hybridized carbons (Fsp3) is 1.00. The Balaban J connectivity index is 1.96. The van der Waals surface area contributed by atoms with E-state index in [4.69, 9.17) is 4.74 Å². The van der Waals surface area contributed by atoms with Crippen LogP contribution in [0.1, 0.15) is 19.3 Å². The van der Waals surface area contributed by atoms with Crippen LogP contribution in [0.25, 0.3) is 0 Å². The van der Waals surface area contributed by atoms with Gasteiger partial charge in [0.15, 0.2) is 0 Å². The number of alkyl halides is 1.